The molecule has 2 N–H and O–H groups in total. The van der Waals surface area contributed by atoms with E-state index in [1.807, 2.05) is 60.9 Å². The Labute approximate surface area is 247 Å². The van der Waals surface area contributed by atoms with Gasteiger partial charge < -0.3 is 14.9 Å². The van der Waals surface area contributed by atoms with E-state index < -0.39 is 5.92 Å². The summed E-state index contributed by atoms with van der Waals surface area (Å²) in [5, 5.41) is 19.8. The zero-order valence-electron chi connectivity index (χ0n) is 22.7. The van der Waals surface area contributed by atoms with Crippen LogP contribution < -0.4 is 0 Å². The van der Waals surface area contributed by atoms with Crippen molar-refractivity contribution >= 4 is 39.3 Å². The van der Waals surface area contributed by atoms with E-state index in [2.05, 4.69) is 22.1 Å². The third kappa shape index (κ3) is 6.62. The average Bonchev–Trinajstić information content (AvgIpc) is 3.73. The number of carbonyl (C=O) groups is 1. The van der Waals surface area contributed by atoms with Crippen LogP contribution in [0.25, 0.3) is 21.8 Å². The van der Waals surface area contributed by atoms with E-state index >= 15 is 0 Å². The summed E-state index contributed by atoms with van der Waals surface area (Å²) in [5.74, 6) is -2.41. The molecule has 1 amide bonds. The molecule has 3 aromatic carbocycles. The van der Waals surface area contributed by atoms with E-state index in [-0.39, 0.29) is 24.7 Å². The van der Waals surface area contributed by atoms with Gasteiger partial charge in [0.1, 0.15) is 0 Å². The summed E-state index contributed by atoms with van der Waals surface area (Å²) < 4.78 is 26.3. The monoisotopic (exact) mass is 583 g/mol. The summed E-state index contributed by atoms with van der Waals surface area (Å²) in [4.78, 5) is 20.2. The van der Waals surface area contributed by atoms with Gasteiger partial charge in [-0.2, -0.15) is 10.5 Å². The van der Waals surface area contributed by atoms with E-state index in [1.54, 1.807) is 23.1 Å². The Morgan fingerprint density at radius 2 is 1.45 bits per heavy atom. The SMILES string of the molecule is N#Cc1ccc2[nH]ccc2c1.N#Cc1ccc2[nH]ccc2c1.O=C1c2c(Cl)cccc2CN1CC1CCC(F)(F)CC1. The number of rotatable bonds is 2. The van der Waals surface area contributed by atoms with Crippen molar-refractivity contribution in [1.82, 2.24) is 14.9 Å². The largest absolute Gasteiger partial charge is 0.361 e. The molecule has 7 rings (SSSR count). The van der Waals surface area contributed by atoms with E-state index in [4.69, 9.17) is 22.1 Å². The minimum atomic E-state index is -2.52. The van der Waals surface area contributed by atoms with Crippen LogP contribution in [0.5, 0.6) is 0 Å². The topological polar surface area (TPSA) is 99.5 Å². The van der Waals surface area contributed by atoms with Gasteiger partial charge in [-0.05, 0) is 78.9 Å². The highest BCUT2D eigenvalue weighted by Gasteiger charge is 2.37. The number of hydrogen-bond donors (Lipinski definition) is 2. The highest BCUT2D eigenvalue weighted by molar-refractivity contribution is 6.34. The summed E-state index contributed by atoms with van der Waals surface area (Å²) in [6, 6.07) is 24.7. The molecule has 1 saturated carbocycles. The minimum absolute atomic E-state index is 0.0621. The number of aromatic amines is 2. The Hall–Kier alpha value is -4.66. The summed E-state index contributed by atoms with van der Waals surface area (Å²) >= 11 is 6.06. The van der Waals surface area contributed by atoms with E-state index in [9.17, 15) is 13.6 Å². The maximum atomic E-state index is 13.1. The fourth-order valence-corrected chi connectivity index (χ4v) is 5.64. The minimum Gasteiger partial charge on any atom is -0.361 e. The van der Waals surface area contributed by atoms with E-state index in [0.29, 0.717) is 47.6 Å². The van der Waals surface area contributed by atoms with Crippen molar-refractivity contribution in [3.05, 3.63) is 106 Å². The fraction of sp³-hybridized carbons (Fsp3) is 0.242. The first-order valence-electron chi connectivity index (χ1n) is 13.7. The van der Waals surface area contributed by atoms with Gasteiger partial charge in [0.15, 0.2) is 0 Å². The first kappa shape index (κ1) is 28.9. The van der Waals surface area contributed by atoms with Gasteiger partial charge in [-0.25, -0.2) is 8.78 Å². The Balaban J connectivity index is 0.000000136. The highest BCUT2D eigenvalue weighted by atomic mass is 35.5. The quantitative estimate of drug-likeness (QED) is 0.219. The molecule has 212 valence electrons. The fourth-order valence-electron chi connectivity index (χ4n) is 5.36. The molecule has 1 aliphatic carbocycles. The Kier molecular flexibility index (Phi) is 8.56. The number of alkyl halides is 2. The molecule has 9 heteroatoms. The van der Waals surface area contributed by atoms with Crippen molar-refractivity contribution in [2.75, 3.05) is 6.54 Å². The molecule has 3 heterocycles. The standard InChI is InChI=1S/C15H16ClF2NO.2C9H6N2/c16-12-3-1-2-11-9-19(14(20)13(11)12)8-10-4-6-15(17,18)7-5-10;2*10-6-7-1-2-9-8(5-7)3-4-11-9/h1-3,10H,4-9H2;2*1-5,11H. The lowest BCUT2D eigenvalue weighted by molar-refractivity contribution is -0.0480. The number of aromatic nitrogens is 2. The molecular formula is C33H28ClF2N5O. The van der Waals surface area contributed by atoms with Gasteiger partial charge in [0.2, 0.25) is 5.92 Å². The van der Waals surface area contributed by atoms with Crippen LogP contribution >= 0.6 is 11.6 Å². The zero-order chi connectivity index (χ0) is 29.7. The van der Waals surface area contributed by atoms with Crippen LogP contribution in [-0.4, -0.2) is 33.2 Å². The number of nitrogens with one attached hydrogen (secondary N) is 2. The second kappa shape index (κ2) is 12.5. The van der Waals surface area contributed by atoms with Crippen LogP contribution in [0, 0.1) is 28.6 Å². The maximum absolute atomic E-state index is 13.1. The highest BCUT2D eigenvalue weighted by Crippen LogP contribution is 2.38. The van der Waals surface area contributed by atoms with Crippen LogP contribution in [-0.2, 0) is 6.54 Å². The second-order valence-electron chi connectivity index (χ2n) is 10.5. The summed E-state index contributed by atoms with van der Waals surface area (Å²) in [6.07, 6.45) is 4.58. The third-order valence-corrected chi connectivity index (χ3v) is 7.96. The molecular weight excluding hydrogens is 556 g/mol. The van der Waals surface area contributed by atoms with E-state index in [0.717, 1.165) is 27.4 Å². The lowest BCUT2D eigenvalue weighted by atomic mass is 9.86. The Bertz CT molecular complexity index is 1720. The van der Waals surface area contributed by atoms with Gasteiger partial charge in [0.05, 0.1) is 33.9 Å². The predicted molar refractivity (Wildman–Crippen MR) is 159 cm³/mol. The number of fused-ring (bicyclic) bond motifs is 3. The van der Waals surface area contributed by atoms with Crippen molar-refractivity contribution in [1.29, 1.82) is 10.5 Å². The smallest absolute Gasteiger partial charge is 0.256 e. The molecule has 0 unspecified atom stereocenters. The lowest BCUT2D eigenvalue weighted by Crippen LogP contribution is -2.34. The Morgan fingerprint density at radius 3 is 1.98 bits per heavy atom. The molecule has 6 nitrogen and oxygen atoms in total. The molecule has 42 heavy (non-hydrogen) atoms. The Morgan fingerprint density at radius 1 is 0.881 bits per heavy atom. The van der Waals surface area contributed by atoms with Gasteiger partial charge in [-0.15, -0.1) is 0 Å². The molecule has 0 radical (unpaired) electrons. The van der Waals surface area contributed by atoms with E-state index in [1.165, 1.54) is 0 Å². The van der Waals surface area contributed by atoms with Crippen molar-refractivity contribution in [3.8, 4) is 12.1 Å². The van der Waals surface area contributed by atoms with Crippen molar-refractivity contribution in [3.63, 3.8) is 0 Å². The molecule has 5 aromatic rings. The number of amides is 1. The average molecular weight is 584 g/mol. The zero-order valence-corrected chi connectivity index (χ0v) is 23.5. The molecule has 0 bridgehead atoms. The molecule has 0 spiro atoms. The number of nitriles is 2. The summed E-state index contributed by atoms with van der Waals surface area (Å²) in [7, 11) is 0. The number of hydrogen-bond acceptors (Lipinski definition) is 3. The molecule has 2 aromatic heterocycles. The lowest BCUT2D eigenvalue weighted by Gasteiger charge is -2.30. The molecule has 2 aliphatic rings. The number of halogens is 3. The van der Waals surface area contributed by atoms with Gasteiger partial charge in [-0.3, -0.25) is 4.79 Å². The van der Waals surface area contributed by atoms with Crippen LogP contribution in [0.2, 0.25) is 5.02 Å². The normalized spacial score (nSPS) is 15.6. The van der Waals surface area contributed by atoms with Crippen LogP contribution in [0.15, 0.2) is 79.1 Å². The van der Waals surface area contributed by atoms with Crippen LogP contribution in [0.3, 0.4) is 0 Å². The number of benzene rings is 3. The molecule has 1 aliphatic heterocycles. The van der Waals surface area contributed by atoms with Gasteiger partial charge in [0.25, 0.3) is 5.91 Å². The van der Waals surface area contributed by atoms with Gasteiger partial charge >= 0.3 is 0 Å². The number of carbonyl (C=O) groups excluding carboxylic acids is 1. The van der Waals surface area contributed by atoms with Crippen molar-refractivity contribution in [2.24, 2.45) is 5.92 Å². The maximum Gasteiger partial charge on any atom is 0.256 e. The van der Waals surface area contributed by atoms with Crippen molar-refractivity contribution < 1.29 is 13.6 Å². The molecule has 0 saturated heterocycles. The van der Waals surface area contributed by atoms with Crippen molar-refractivity contribution in [2.45, 2.75) is 38.2 Å². The van der Waals surface area contributed by atoms with Crippen LogP contribution in [0.1, 0.15) is 52.7 Å². The second-order valence-corrected chi connectivity index (χ2v) is 10.9. The molecule has 0 atom stereocenters. The first-order chi connectivity index (χ1) is 20.3. The van der Waals surface area contributed by atoms with Gasteiger partial charge in [0, 0.05) is 60.1 Å². The third-order valence-electron chi connectivity index (χ3n) is 7.64. The number of nitrogens with zero attached hydrogens (tertiary/aromatic N) is 3. The number of H-pyrrole nitrogens is 2. The molecule has 1 fully saturated rings. The van der Waals surface area contributed by atoms with Gasteiger partial charge in [-0.1, -0.05) is 23.7 Å². The summed E-state index contributed by atoms with van der Waals surface area (Å²) in [5.41, 5.74) is 5.07. The summed E-state index contributed by atoms with van der Waals surface area (Å²) in [6.45, 7) is 1.10. The van der Waals surface area contributed by atoms with Crippen LogP contribution in [0.4, 0.5) is 8.78 Å². The first-order valence-corrected chi connectivity index (χ1v) is 14.0. The predicted octanol–water partition coefficient (Wildman–Crippen LogP) is 8.20.